The molecule has 5 heteroatoms. The van der Waals surface area contributed by atoms with Crippen LogP contribution in [0.4, 0.5) is 4.39 Å². The molecule has 2 nitrogen and oxygen atoms in total. The molecule has 0 bridgehead atoms. The van der Waals surface area contributed by atoms with Gasteiger partial charge in [-0.25, -0.2) is 4.39 Å². The molecule has 0 aliphatic carbocycles. The van der Waals surface area contributed by atoms with E-state index >= 15 is 0 Å². The van der Waals surface area contributed by atoms with Gasteiger partial charge in [-0.1, -0.05) is 17.7 Å². The Bertz CT molecular complexity index is 360. The first kappa shape index (κ1) is 13.7. The molecule has 0 aromatic heterocycles. The molecule has 0 spiro atoms. The van der Waals surface area contributed by atoms with E-state index in [0.717, 1.165) is 19.5 Å². The lowest BCUT2D eigenvalue weighted by Crippen LogP contribution is -2.26. The standard InChI is InChI=1S/C11H14ClFN2.ClH/c12-9-2-1-8(11(13)5-9)6-15-4-3-10(14)7-15;/h1-2,5,10H,3-4,6-7,14H2;1H/t10-;/m0./s1. The third-order valence-electron chi connectivity index (χ3n) is 2.72. The molecule has 1 heterocycles. The van der Waals surface area contributed by atoms with Crippen LogP contribution in [0, 0.1) is 5.82 Å². The summed E-state index contributed by atoms with van der Waals surface area (Å²) in [6, 6.07) is 5.05. The van der Waals surface area contributed by atoms with Crippen molar-refractivity contribution in [2.24, 2.45) is 5.73 Å². The maximum atomic E-state index is 13.5. The van der Waals surface area contributed by atoms with Crippen molar-refractivity contribution >= 4 is 24.0 Å². The van der Waals surface area contributed by atoms with Crippen LogP contribution in [-0.2, 0) is 6.54 Å². The molecule has 1 atom stereocenters. The molecular formula is C11H15Cl2FN2. The topological polar surface area (TPSA) is 29.3 Å². The summed E-state index contributed by atoms with van der Waals surface area (Å²) < 4.78 is 13.5. The van der Waals surface area contributed by atoms with Crippen LogP contribution in [0.2, 0.25) is 5.02 Å². The maximum Gasteiger partial charge on any atom is 0.129 e. The second-order valence-corrected chi connectivity index (χ2v) is 4.46. The Kier molecular flexibility index (Phi) is 4.99. The smallest absolute Gasteiger partial charge is 0.129 e. The Morgan fingerprint density at radius 2 is 2.25 bits per heavy atom. The normalized spacial score (nSPS) is 20.8. The zero-order chi connectivity index (χ0) is 10.8. The number of likely N-dealkylation sites (tertiary alicyclic amines) is 1. The summed E-state index contributed by atoms with van der Waals surface area (Å²) in [7, 11) is 0. The number of halogens is 3. The summed E-state index contributed by atoms with van der Waals surface area (Å²) in [4.78, 5) is 2.16. The first-order valence-electron chi connectivity index (χ1n) is 5.07. The third-order valence-corrected chi connectivity index (χ3v) is 2.95. The molecule has 90 valence electrons. The Balaban J connectivity index is 0.00000128. The van der Waals surface area contributed by atoms with Crippen LogP contribution in [0.15, 0.2) is 18.2 Å². The summed E-state index contributed by atoms with van der Waals surface area (Å²) in [6.45, 7) is 2.42. The molecule has 0 radical (unpaired) electrons. The molecule has 1 aromatic carbocycles. The lowest BCUT2D eigenvalue weighted by atomic mass is 10.2. The molecule has 16 heavy (non-hydrogen) atoms. The van der Waals surface area contributed by atoms with E-state index in [4.69, 9.17) is 17.3 Å². The Hall–Kier alpha value is -0.350. The molecule has 0 saturated carbocycles. The third kappa shape index (κ3) is 3.32. The van der Waals surface area contributed by atoms with E-state index in [-0.39, 0.29) is 24.3 Å². The Labute approximate surface area is 106 Å². The number of hydrogen-bond acceptors (Lipinski definition) is 2. The molecule has 0 unspecified atom stereocenters. The van der Waals surface area contributed by atoms with Crippen molar-refractivity contribution in [3.8, 4) is 0 Å². The van der Waals surface area contributed by atoms with E-state index in [0.29, 0.717) is 17.1 Å². The van der Waals surface area contributed by atoms with E-state index < -0.39 is 0 Å². The van der Waals surface area contributed by atoms with Crippen molar-refractivity contribution in [3.63, 3.8) is 0 Å². The molecular weight excluding hydrogens is 250 g/mol. The zero-order valence-electron chi connectivity index (χ0n) is 8.83. The van der Waals surface area contributed by atoms with Crippen LogP contribution < -0.4 is 5.73 Å². The van der Waals surface area contributed by atoms with E-state index in [1.807, 2.05) is 0 Å². The molecule has 1 aliphatic rings. The van der Waals surface area contributed by atoms with Gasteiger partial charge >= 0.3 is 0 Å². The minimum absolute atomic E-state index is 0. The average molecular weight is 265 g/mol. The molecule has 2 N–H and O–H groups in total. The predicted octanol–water partition coefficient (Wildman–Crippen LogP) is 2.43. The van der Waals surface area contributed by atoms with Gasteiger partial charge in [-0.2, -0.15) is 0 Å². The van der Waals surface area contributed by atoms with Gasteiger partial charge in [-0.15, -0.1) is 12.4 Å². The summed E-state index contributed by atoms with van der Waals surface area (Å²) >= 11 is 5.68. The fraction of sp³-hybridized carbons (Fsp3) is 0.455. The highest BCUT2D eigenvalue weighted by molar-refractivity contribution is 6.30. The highest BCUT2D eigenvalue weighted by atomic mass is 35.5. The van der Waals surface area contributed by atoms with E-state index in [2.05, 4.69) is 4.90 Å². The van der Waals surface area contributed by atoms with Crippen molar-refractivity contribution in [1.29, 1.82) is 0 Å². The molecule has 1 fully saturated rings. The fourth-order valence-corrected chi connectivity index (χ4v) is 2.06. The van der Waals surface area contributed by atoms with Gasteiger partial charge in [0, 0.05) is 36.3 Å². The van der Waals surface area contributed by atoms with Gasteiger partial charge < -0.3 is 5.73 Å². The lowest BCUT2D eigenvalue weighted by Gasteiger charge is -2.15. The monoisotopic (exact) mass is 264 g/mol. The van der Waals surface area contributed by atoms with Crippen molar-refractivity contribution < 1.29 is 4.39 Å². The number of nitrogens with zero attached hydrogens (tertiary/aromatic N) is 1. The Morgan fingerprint density at radius 3 is 2.81 bits per heavy atom. The Morgan fingerprint density at radius 1 is 1.50 bits per heavy atom. The minimum Gasteiger partial charge on any atom is -0.326 e. The second kappa shape index (κ2) is 5.82. The molecule has 1 aromatic rings. The highest BCUT2D eigenvalue weighted by Gasteiger charge is 2.19. The second-order valence-electron chi connectivity index (χ2n) is 4.02. The molecule has 0 amide bonds. The van der Waals surface area contributed by atoms with Crippen LogP contribution in [-0.4, -0.2) is 24.0 Å². The first-order valence-corrected chi connectivity index (χ1v) is 5.45. The van der Waals surface area contributed by atoms with Crippen LogP contribution in [0.5, 0.6) is 0 Å². The van der Waals surface area contributed by atoms with Crippen molar-refractivity contribution in [1.82, 2.24) is 4.90 Å². The van der Waals surface area contributed by atoms with Crippen LogP contribution in [0.3, 0.4) is 0 Å². The SMILES string of the molecule is Cl.N[C@H]1CCN(Cc2ccc(Cl)cc2F)C1. The molecule has 2 rings (SSSR count). The van der Waals surface area contributed by atoms with Gasteiger partial charge in [0.2, 0.25) is 0 Å². The van der Waals surface area contributed by atoms with E-state index in [1.165, 1.54) is 6.07 Å². The first-order chi connectivity index (χ1) is 7.15. The van der Waals surface area contributed by atoms with Gasteiger partial charge in [0.25, 0.3) is 0 Å². The van der Waals surface area contributed by atoms with Crippen molar-refractivity contribution in [2.45, 2.75) is 19.0 Å². The summed E-state index contributed by atoms with van der Waals surface area (Å²) in [5, 5.41) is 0.439. The van der Waals surface area contributed by atoms with Gasteiger partial charge in [-0.05, 0) is 18.6 Å². The van der Waals surface area contributed by atoms with E-state index in [1.54, 1.807) is 12.1 Å². The van der Waals surface area contributed by atoms with Gasteiger partial charge in [0.1, 0.15) is 5.82 Å². The zero-order valence-corrected chi connectivity index (χ0v) is 10.4. The number of rotatable bonds is 2. The molecule has 1 aliphatic heterocycles. The van der Waals surface area contributed by atoms with Gasteiger partial charge in [-0.3, -0.25) is 4.90 Å². The van der Waals surface area contributed by atoms with Crippen LogP contribution in [0.25, 0.3) is 0 Å². The summed E-state index contributed by atoms with van der Waals surface area (Å²) in [5.41, 5.74) is 6.47. The van der Waals surface area contributed by atoms with Crippen molar-refractivity contribution in [3.05, 3.63) is 34.6 Å². The van der Waals surface area contributed by atoms with Gasteiger partial charge in [0.05, 0.1) is 0 Å². The van der Waals surface area contributed by atoms with Crippen molar-refractivity contribution in [2.75, 3.05) is 13.1 Å². The average Bonchev–Trinajstić information content (AvgIpc) is 2.56. The minimum atomic E-state index is -0.233. The van der Waals surface area contributed by atoms with Crippen LogP contribution in [0.1, 0.15) is 12.0 Å². The fourth-order valence-electron chi connectivity index (χ4n) is 1.90. The molecule has 1 saturated heterocycles. The largest absolute Gasteiger partial charge is 0.326 e. The lowest BCUT2D eigenvalue weighted by molar-refractivity contribution is 0.321. The van der Waals surface area contributed by atoms with Gasteiger partial charge in [0.15, 0.2) is 0 Å². The number of nitrogens with two attached hydrogens (primary N) is 1. The summed E-state index contributed by atoms with van der Waals surface area (Å²) in [5.74, 6) is -0.233. The maximum absolute atomic E-state index is 13.5. The number of benzene rings is 1. The van der Waals surface area contributed by atoms with Crippen LogP contribution >= 0.6 is 24.0 Å². The summed E-state index contributed by atoms with van der Waals surface area (Å²) in [6.07, 6.45) is 0.995. The highest BCUT2D eigenvalue weighted by Crippen LogP contribution is 2.18. The van der Waals surface area contributed by atoms with E-state index in [9.17, 15) is 4.39 Å². The number of hydrogen-bond donors (Lipinski definition) is 1. The quantitative estimate of drug-likeness (QED) is 0.889. The predicted molar refractivity (Wildman–Crippen MR) is 66.5 cm³/mol.